The molecule has 2 heterocycles. The minimum Gasteiger partial charge on any atom is -0.497 e. The molecule has 1 aliphatic heterocycles. The van der Waals surface area contributed by atoms with Crippen molar-refractivity contribution >= 4 is 23.1 Å². The van der Waals surface area contributed by atoms with E-state index in [1.165, 1.54) is 5.69 Å². The highest BCUT2D eigenvalue weighted by atomic mass is 16.5. The summed E-state index contributed by atoms with van der Waals surface area (Å²) in [5.74, 6) is 2.09. The van der Waals surface area contributed by atoms with Crippen LogP contribution in [-0.4, -0.2) is 48.5 Å². The monoisotopic (exact) mass is 387 g/mol. The Morgan fingerprint density at radius 1 is 0.966 bits per heavy atom. The number of hydrogen-bond acceptors (Lipinski definition) is 8. The van der Waals surface area contributed by atoms with Crippen LogP contribution in [0.2, 0.25) is 0 Å². The molecule has 0 aliphatic carbocycles. The molecule has 1 aromatic heterocycles. The summed E-state index contributed by atoms with van der Waals surface area (Å²) < 4.78 is 5.23. The number of nitrogens with zero attached hydrogens (tertiary/aromatic N) is 6. The summed E-state index contributed by atoms with van der Waals surface area (Å²) >= 11 is 0. The van der Waals surface area contributed by atoms with Crippen molar-refractivity contribution < 1.29 is 4.74 Å². The lowest BCUT2D eigenvalue weighted by atomic mass is 10.2. The molecule has 0 unspecified atom stereocenters. The minimum absolute atomic E-state index is 0.609. The first kappa shape index (κ1) is 18.5. The molecule has 0 amide bonds. The number of nitriles is 1. The maximum atomic E-state index is 8.90. The molecule has 29 heavy (non-hydrogen) atoms. The van der Waals surface area contributed by atoms with E-state index in [-0.39, 0.29) is 0 Å². The van der Waals surface area contributed by atoms with Crippen LogP contribution in [0, 0.1) is 11.3 Å². The lowest BCUT2D eigenvalue weighted by Crippen LogP contribution is -2.47. The highest BCUT2D eigenvalue weighted by molar-refractivity contribution is 5.57. The standard InChI is InChI=1S/C21H21N7O/c1-29-19-8-6-18(7-9-19)27-10-12-28(13-11-27)21-25-20(15-23-26-21)24-17-4-2-16(14-22)3-5-17/h2-9,15H,10-13H2,1H3,(H,24,25,26). The maximum Gasteiger partial charge on any atom is 0.247 e. The van der Waals surface area contributed by atoms with Crippen molar-refractivity contribution in [2.45, 2.75) is 0 Å². The van der Waals surface area contributed by atoms with Gasteiger partial charge in [-0.2, -0.15) is 15.3 Å². The summed E-state index contributed by atoms with van der Waals surface area (Å²) in [6.45, 7) is 3.38. The van der Waals surface area contributed by atoms with Crippen LogP contribution in [0.1, 0.15) is 5.56 Å². The lowest BCUT2D eigenvalue weighted by molar-refractivity contribution is 0.415. The predicted molar refractivity (Wildman–Crippen MR) is 112 cm³/mol. The van der Waals surface area contributed by atoms with Crippen molar-refractivity contribution in [3.63, 3.8) is 0 Å². The average Bonchev–Trinajstić information content (AvgIpc) is 2.80. The van der Waals surface area contributed by atoms with E-state index in [9.17, 15) is 0 Å². The van der Waals surface area contributed by atoms with Gasteiger partial charge in [0.2, 0.25) is 5.95 Å². The van der Waals surface area contributed by atoms with Crippen molar-refractivity contribution in [1.82, 2.24) is 15.2 Å². The van der Waals surface area contributed by atoms with Crippen LogP contribution in [0.4, 0.5) is 23.1 Å². The zero-order valence-electron chi connectivity index (χ0n) is 16.1. The Kier molecular flexibility index (Phi) is 5.38. The van der Waals surface area contributed by atoms with Crippen molar-refractivity contribution in [1.29, 1.82) is 5.26 Å². The molecule has 1 N–H and O–H groups in total. The van der Waals surface area contributed by atoms with Crippen LogP contribution in [0.25, 0.3) is 0 Å². The van der Waals surface area contributed by atoms with E-state index in [1.807, 2.05) is 24.3 Å². The van der Waals surface area contributed by atoms with Crippen LogP contribution >= 0.6 is 0 Å². The third kappa shape index (κ3) is 4.35. The van der Waals surface area contributed by atoms with Crippen molar-refractivity contribution in [2.24, 2.45) is 0 Å². The molecular weight excluding hydrogens is 366 g/mol. The molecule has 3 aromatic rings. The number of benzene rings is 2. The fraction of sp³-hybridized carbons (Fsp3) is 0.238. The molecule has 8 nitrogen and oxygen atoms in total. The first-order valence-corrected chi connectivity index (χ1v) is 9.36. The zero-order chi connectivity index (χ0) is 20.1. The van der Waals surface area contributed by atoms with Gasteiger partial charge in [0, 0.05) is 37.6 Å². The molecule has 0 atom stereocenters. The van der Waals surface area contributed by atoms with Gasteiger partial charge in [-0.3, -0.25) is 0 Å². The molecule has 146 valence electrons. The van der Waals surface area contributed by atoms with E-state index in [2.05, 4.69) is 48.5 Å². The van der Waals surface area contributed by atoms with E-state index in [1.54, 1.807) is 25.4 Å². The highest BCUT2D eigenvalue weighted by Gasteiger charge is 2.20. The summed E-state index contributed by atoms with van der Waals surface area (Å²) in [4.78, 5) is 9.07. The largest absolute Gasteiger partial charge is 0.497 e. The minimum atomic E-state index is 0.609. The first-order valence-electron chi connectivity index (χ1n) is 9.36. The van der Waals surface area contributed by atoms with Gasteiger partial charge in [0.15, 0.2) is 5.82 Å². The Labute approximate surface area is 169 Å². The Hall–Kier alpha value is -3.86. The third-order valence-electron chi connectivity index (χ3n) is 4.83. The summed E-state index contributed by atoms with van der Waals surface area (Å²) in [7, 11) is 1.67. The Morgan fingerprint density at radius 2 is 1.66 bits per heavy atom. The molecule has 0 bridgehead atoms. The normalized spacial score (nSPS) is 13.7. The summed E-state index contributed by atoms with van der Waals surface area (Å²) in [5.41, 5.74) is 2.65. The second-order valence-corrected chi connectivity index (χ2v) is 6.63. The summed E-state index contributed by atoms with van der Waals surface area (Å²) in [6.07, 6.45) is 1.59. The van der Waals surface area contributed by atoms with Gasteiger partial charge in [-0.1, -0.05) is 0 Å². The molecule has 0 saturated carbocycles. The van der Waals surface area contributed by atoms with Crippen LogP contribution in [0.3, 0.4) is 0 Å². The molecule has 1 fully saturated rings. The molecular formula is C21H21N7O. The van der Waals surface area contributed by atoms with E-state index in [0.717, 1.165) is 37.6 Å². The summed E-state index contributed by atoms with van der Waals surface area (Å²) in [6, 6.07) is 17.4. The van der Waals surface area contributed by atoms with Crippen LogP contribution in [-0.2, 0) is 0 Å². The van der Waals surface area contributed by atoms with E-state index < -0.39 is 0 Å². The van der Waals surface area contributed by atoms with Gasteiger partial charge in [-0.15, -0.1) is 5.10 Å². The van der Waals surface area contributed by atoms with Crippen molar-refractivity contribution in [2.75, 3.05) is 48.4 Å². The van der Waals surface area contributed by atoms with Gasteiger partial charge >= 0.3 is 0 Å². The van der Waals surface area contributed by atoms with E-state index in [4.69, 9.17) is 10.00 Å². The van der Waals surface area contributed by atoms with Crippen LogP contribution < -0.4 is 19.9 Å². The smallest absolute Gasteiger partial charge is 0.247 e. The van der Waals surface area contributed by atoms with Gasteiger partial charge < -0.3 is 19.9 Å². The van der Waals surface area contributed by atoms with Crippen LogP contribution in [0.15, 0.2) is 54.7 Å². The molecule has 8 heteroatoms. The molecule has 4 rings (SSSR count). The number of ether oxygens (including phenoxy) is 1. The fourth-order valence-corrected chi connectivity index (χ4v) is 3.22. The number of nitrogens with one attached hydrogen (secondary N) is 1. The van der Waals surface area contributed by atoms with Crippen molar-refractivity contribution in [3.05, 3.63) is 60.3 Å². The van der Waals surface area contributed by atoms with E-state index >= 15 is 0 Å². The first-order chi connectivity index (χ1) is 14.2. The van der Waals surface area contributed by atoms with E-state index in [0.29, 0.717) is 17.3 Å². The van der Waals surface area contributed by atoms with Gasteiger partial charge in [-0.25, -0.2) is 0 Å². The second-order valence-electron chi connectivity index (χ2n) is 6.63. The van der Waals surface area contributed by atoms with Crippen LogP contribution in [0.5, 0.6) is 5.75 Å². The Morgan fingerprint density at radius 3 is 2.31 bits per heavy atom. The van der Waals surface area contributed by atoms with Crippen molar-refractivity contribution in [3.8, 4) is 11.8 Å². The number of hydrogen-bond donors (Lipinski definition) is 1. The Bertz CT molecular complexity index is 991. The second kappa shape index (κ2) is 8.44. The number of piperazine rings is 1. The Balaban J connectivity index is 1.39. The molecule has 0 radical (unpaired) electrons. The SMILES string of the molecule is COc1ccc(N2CCN(c3nncc(Nc4ccc(C#N)cc4)n3)CC2)cc1. The highest BCUT2D eigenvalue weighted by Crippen LogP contribution is 2.22. The third-order valence-corrected chi connectivity index (χ3v) is 4.83. The zero-order valence-corrected chi connectivity index (χ0v) is 16.1. The molecule has 1 aliphatic rings. The van der Waals surface area contributed by atoms with Gasteiger partial charge in [0.25, 0.3) is 0 Å². The number of methoxy groups -OCH3 is 1. The average molecular weight is 387 g/mol. The number of anilines is 4. The summed E-state index contributed by atoms with van der Waals surface area (Å²) in [5, 5.41) is 20.4. The molecule has 1 saturated heterocycles. The molecule has 2 aromatic carbocycles. The van der Waals surface area contributed by atoms with Gasteiger partial charge in [0.1, 0.15) is 5.75 Å². The fourth-order valence-electron chi connectivity index (χ4n) is 3.22. The lowest BCUT2D eigenvalue weighted by Gasteiger charge is -2.36. The maximum absolute atomic E-state index is 8.90. The predicted octanol–water partition coefficient (Wildman–Crippen LogP) is 2.82. The quantitative estimate of drug-likeness (QED) is 0.715. The topological polar surface area (TPSA) is 90.2 Å². The number of aromatic nitrogens is 3. The molecule has 0 spiro atoms. The number of rotatable bonds is 5. The van der Waals surface area contributed by atoms with Gasteiger partial charge in [0.05, 0.1) is 24.9 Å². The van der Waals surface area contributed by atoms with Gasteiger partial charge in [-0.05, 0) is 48.5 Å².